The zero-order valence-electron chi connectivity index (χ0n) is 8.71. The van der Waals surface area contributed by atoms with Crippen LogP contribution in [0.25, 0.3) is 22.6 Å². The first-order chi connectivity index (χ1) is 8.34. The number of fused-ring (bicyclic) bond motifs is 1. The lowest BCUT2D eigenvalue weighted by Gasteiger charge is -2.01. The molecule has 5 heteroatoms. The highest BCUT2D eigenvalue weighted by atomic mass is 19.1. The summed E-state index contributed by atoms with van der Waals surface area (Å²) in [6.07, 6.45) is 2.89. The van der Waals surface area contributed by atoms with E-state index in [2.05, 4.69) is 19.9 Å². The normalized spacial score (nSPS) is 10.6. The molecule has 0 aliphatic rings. The Morgan fingerprint density at radius 1 is 0.882 bits per heavy atom. The van der Waals surface area contributed by atoms with E-state index in [-0.39, 0.29) is 11.2 Å². The third-order valence-electron chi connectivity index (χ3n) is 2.32. The van der Waals surface area contributed by atoms with Crippen molar-refractivity contribution in [2.24, 2.45) is 0 Å². The monoisotopic (exact) mass is 226 g/mol. The summed E-state index contributed by atoms with van der Waals surface area (Å²) in [5, 5.41) is 0. The van der Waals surface area contributed by atoms with Crippen molar-refractivity contribution in [1.82, 2.24) is 19.9 Å². The molecule has 3 aromatic rings. The van der Waals surface area contributed by atoms with Crippen LogP contribution in [0.4, 0.5) is 4.39 Å². The van der Waals surface area contributed by atoms with Crippen LogP contribution in [0.3, 0.4) is 0 Å². The summed E-state index contributed by atoms with van der Waals surface area (Å²) in [5.74, 6) is -0.335. The van der Waals surface area contributed by atoms with Gasteiger partial charge in [0.15, 0.2) is 17.0 Å². The molecular weight excluding hydrogens is 219 g/mol. The molecule has 2 heterocycles. The van der Waals surface area contributed by atoms with Crippen molar-refractivity contribution in [3.05, 3.63) is 48.7 Å². The summed E-state index contributed by atoms with van der Waals surface area (Å²) in [6.45, 7) is 0. The molecule has 0 aliphatic heterocycles. The second kappa shape index (κ2) is 3.86. The largest absolute Gasteiger partial charge is 0.247 e. The molecule has 82 valence electrons. The van der Waals surface area contributed by atoms with Crippen LogP contribution < -0.4 is 0 Å². The van der Waals surface area contributed by atoms with Gasteiger partial charge in [0.25, 0.3) is 0 Å². The van der Waals surface area contributed by atoms with Gasteiger partial charge in [-0.1, -0.05) is 30.3 Å². The summed E-state index contributed by atoms with van der Waals surface area (Å²) in [5.41, 5.74) is 1.10. The molecule has 0 saturated heterocycles. The maximum atomic E-state index is 13.7. The number of rotatable bonds is 1. The second-order valence-electron chi connectivity index (χ2n) is 3.43. The van der Waals surface area contributed by atoms with E-state index < -0.39 is 5.95 Å². The first-order valence-electron chi connectivity index (χ1n) is 5.04. The molecular formula is C12H7FN4. The van der Waals surface area contributed by atoms with Crippen molar-refractivity contribution in [2.45, 2.75) is 0 Å². The maximum absolute atomic E-state index is 13.7. The van der Waals surface area contributed by atoms with E-state index in [4.69, 9.17) is 0 Å². The van der Waals surface area contributed by atoms with Gasteiger partial charge in [-0.2, -0.15) is 9.37 Å². The van der Waals surface area contributed by atoms with Crippen molar-refractivity contribution in [3.8, 4) is 11.4 Å². The molecule has 4 nitrogen and oxygen atoms in total. The topological polar surface area (TPSA) is 51.6 Å². The van der Waals surface area contributed by atoms with Gasteiger partial charge in [0.05, 0.1) is 0 Å². The summed E-state index contributed by atoms with van der Waals surface area (Å²) < 4.78 is 13.7. The summed E-state index contributed by atoms with van der Waals surface area (Å²) in [7, 11) is 0. The number of benzene rings is 1. The van der Waals surface area contributed by atoms with E-state index in [1.54, 1.807) is 0 Å². The van der Waals surface area contributed by atoms with Crippen molar-refractivity contribution >= 4 is 11.2 Å². The Hall–Kier alpha value is -2.43. The van der Waals surface area contributed by atoms with Crippen molar-refractivity contribution in [3.63, 3.8) is 0 Å². The van der Waals surface area contributed by atoms with Gasteiger partial charge in [-0.25, -0.2) is 15.0 Å². The molecule has 17 heavy (non-hydrogen) atoms. The second-order valence-corrected chi connectivity index (χ2v) is 3.43. The Bertz CT molecular complexity index is 670. The van der Waals surface area contributed by atoms with Crippen LogP contribution in [0.1, 0.15) is 0 Å². The highest BCUT2D eigenvalue weighted by molar-refractivity contribution is 5.71. The van der Waals surface area contributed by atoms with E-state index in [0.717, 1.165) is 5.56 Å². The molecule has 0 saturated carbocycles. The molecule has 3 rings (SSSR count). The zero-order chi connectivity index (χ0) is 11.7. The van der Waals surface area contributed by atoms with Crippen molar-refractivity contribution in [1.29, 1.82) is 0 Å². The molecule has 0 N–H and O–H groups in total. The Morgan fingerprint density at radius 3 is 2.47 bits per heavy atom. The fraction of sp³-hybridized carbons (Fsp3) is 0. The SMILES string of the molecule is Fc1nc(-c2ccccc2)nc2nccnc12. The van der Waals surface area contributed by atoms with E-state index >= 15 is 0 Å². The maximum Gasteiger partial charge on any atom is 0.244 e. The summed E-state index contributed by atoms with van der Waals surface area (Å²) in [6, 6.07) is 9.20. The highest BCUT2D eigenvalue weighted by Crippen LogP contribution is 2.17. The van der Waals surface area contributed by atoms with Gasteiger partial charge in [-0.15, -0.1) is 0 Å². The smallest absolute Gasteiger partial charge is 0.244 e. The quantitative estimate of drug-likeness (QED) is 0.597. The fourth-order valence-electron chi connectivity index (χ4n) is 1.55. The highest BCUT2D eigenvalue weighted by Gasteiger charge is 2.09. The molecule has 0 fully saturated rings. The third kappa shape index (κ3) is 1.71. The molecule has 0 spiro atoms. The fourth-order valence-corrected chi connectivity index (χ4v) is 1.55. The predicted molar refractivity (Wildman–Crippen MR) is 60.5 cm³/mol. The minimum absolute atomic E-state index is 0.0900. The Balaban J connectivity index is 2.26. The van der Waals surface area contributed by atoms with Crippen LogP contribution in [-0.4, -0.2) is 19.9 Å². The number of hydrogen-bond donors (Lipinski definition) is 0. The van der Waals surface area contributed by atoms with E-state index in [9.17, 15) is 4.39 Å². The minimum Gasteiger partial charge on any atom is -0.247 e. The standard InChI is InChI=1S/C12H7FN4/c13-10-9-12(15-7-6-14-9)17-11(16-10)8-4-2-1-3-5-8/h1-7H. The lowest BCUT2D eigenvalue weighted by molar-refractivity contribution is 0.592. The number of aromatic nitrogens is 4. The zero-order valence-corrected chi connectivity index (χ0v) is 8.71. The van der Waals surface area contributed by atoms with Gasteiger partial charge < -0.3 is 0 Å². The van der Waals surface area contributed by atoms with Crippen LogP contribution in [-0.2, 0) is 0 Å². The van der Waals surface area contributed by atoms with E-state index in [1.165, 1.54) is 12.4 Å². The Morgan fingerprint density at radius 2 is 1.65 bits per heavy atom. The molecule has 2 aromatic heterocycles. The first kappa shape index (κ1) is 9.77. The molecule has 0 amide bonds. The number of hydrogen-bond acceptors (Lipinski definition) is 4. The molecule has 0 aliphatic carbocycles. The van der Waals surface area contributed by atoms with Crippen molar-refractivity contribution in [2.75, 3.05) is 0 Å². The Labute approximate surface area is 96.2 Å². The average molecular weight is 226 g/mol. The lowest BCUT2D eigenvalue weighted by atomic mass is 10.2. The first-order valence-corrected chi connectivity index (χ1v) is 5.04. The molecule has 0 bridgehead atoms. The van der Waals surface area contributed by atoms with E-state index in [0.29, 0.717) is 5.82 Å². The number of halogens is 1. The van der Waals surface area contributed by atoms with Crippen LogP contribution in [0, 0.1) is 5.95 Å². The van der Waals surface area contributed by atoms with E-state index in [1.807, 2.05) is 30.3 Å². The number of nitrogens with zero attached hydrogens (tertiary/aromatic N) is 4. The van der Waals surface area contributed by atoms with Crippen LogP contribution in [0.2, 0.25) is 0 Å². The van der Waals surface area contributed by atoms with Gasteiger partial charge in [0.2, 0.25) is 5.95 Å². The molecule has 0 unspecified atom stereocenters. The van der Waals surface area contributed by atoms with Crippen molar-refractivity contribution < 1.29 is 4.39 Å². The van der Waals surface area contributed by atoms with Gasteiger partial charge in [0.1, 0.15) is 0 Å². The minimum atomic E-state index is -0.651. The lowest BCUT2D eigenvalue weighted by Crippen LogP contribution is -1.98. The molecule has 0 atom stereocenters. The van der Waals surface area contributed by atoms with Gasteiger partial charge in [-0.3, -0.25) is 0 Å². The van der Waals surface area contributed by atoms with Crippen LogP contribution in [0.5, 0.6) is 0 Å². The van der Waals surface area contributed by atoms with Gasteiger partial charge in [-0.05, 0) is 0 Å². The van der Waals surface area contributed by atoms with Gasteiger partial charge in [0, 0.05) is 18.0 Å². The van der Waals surface area contributed by atoms with Crippen LogP contribution >= 0.6 is 0 Å². The third-order valence-corrected chi connectivity index (χ3v) is 2.32. The predicted octanol–water partition coefficient (Wildman–Crippen LogP) is 2.23. The van der Waals surface area contributed by atoms with Gasteiger partial charge >= 0.3 is 0 Å². The average Bonchev–Trinajstić information content (AvgIpc) is 2.40. The molecule has 1 aromatic carbocycles. The summed E-state index contributed by atoms with van der Waals surface area (Å²) >= 11 is 0. The summed E-state index contributed by atoms with van der Waals surface area (Å²) in [4.78, 5) is 15.8. The molecule has 0 radical (unpaired) electrons. The van der Waals surface area contributed by atoms with Crippen LogP contribution in [0.15, 0.2) is 42.7 Å². The Kier molecular flexibility index (Phi) is 2.22.